The van der Waals surface area contributed by atoms with Crippen molar-refractivity contribution in [1.82, 2.24) is 9.79 Å². The van der Waals surface area contributed by atoms with E-state index in [1.54, 1.807) is 23.7 Å². The monoisotopic (exact) mass is 255 g/mol. The van der Waals surface area contributed by atoms with E-state index in [-0.39, 0.29) is 6.54 Å². The van der Waals surface area contributed by atoms with Crippen LogP contribution in [-0.2, 0) is 24.2 Å². The lowest BCUT2D eigenvalue weighted by Gasteiger charge is -2.29. The van der Waals surface area contributed by atoms with Crippen molar-refractivity contribution in [2.24, 2.45) is 0 Å². The number of benzene rings is 1. The van der Waals surface area contributed by atoms with Gasteiger partial charge in [0, 0.05) is 29.9 Å². The summed E-state index contributed by atoms with van der Waals surface area (Å²) in [6.45, 7) is 0.715. The highest BCUT2D eigenvalue weighted by atomic mass is 32.2. The van der Waals surface area contributed by atoms with Gasteiger partial charge in [-0.15, -0.1) is 0 Å². The molecule has 0 spiro atoms. The molecule has 92 valence electrons. The molecule has 0 saturated heterocycles. The Balaban J connectivity index is 2.29. The van der Waals surface area contributed by atoms with Crippen LogP contribution in [0.5, 0.6) is 0 Å². The van der Waals surface area contributed by atoms with Crippen molar-refractivity contribution in [3.05, 3.63) is 34.9 Å². The first kappa shape index (κ1) is 12.2. The lowest BCUT2D eigenvalue weighted by Crippen LogP contribution is -2.32. The Bertz CT molecular complexity index is 477. The molecule has 2 N–H and O–H groups in total. The summed E-state index contributed by atoms with van der Waals surface area (Å²) < 4.78 is 23.0. The summed E-state index contributed by atoms with van der Waals surface area (Å²) in [5.74, 6) is -0.604. The number of hydrogen-bond donors (Lipinski definition) is 2. The van der Waals surface area contributed by atoms with E-state index >= 15 is 0 Å². The Labute approximate surface area is 101 Å². The minimum Gasteiger partial charge on any atom is -0.760 e. The molecule has 1 aliphatic heterocycles. The van der Waals surface area contributed by atoms with Gasteiger partial charge in [0.15, 0.2) is 0 Å². The summed E-state index contributed by atoms with van der Waals surface area (Å²) >= 11 is -2.24. The molecule has 0 radical (unpaired) electrons. The van der Waals surface area contributed by atoms with Crippen molar-refractivity contribution in [3.8, 4) is 0 Å². The number of nitrogens with one attached hydrogen (secondary N) is 1. The maximum Gasteiger partial charge on any atom is 0.274 e. The molecule has 0 bridgehead atoms. The molecular weight excluding hydrogens is 244 g/mol. The van der Waals surface area contributed by atoms with E-state index in [9.17, 15) is 13.6 Å². The number of carbonyl (C=O) groups excluding carboxylic acids is 1. The average molecular weight is 255 g/mol. The van der Waals surface area contributed by atoms with Crippen molar-refractivity contribution in [3.63, 3.8) is 0 Å². The highest BCUT2D eigenvalue weighted by molar-refractivity contribution is 7.76. The number of carbonyl (C=O) groups is 1. The number of hydroxylamine groups is 1. The van der Waals surface area contributed by atoms with Crippen molar-refractivity contribution in [2.45, 2.75) is 13.0 Å². The minimum atomic E-state index is -2.24. The first-order valence-corrected chi connectivity index (χ1v) is 6.05. The summed E-state index contributed by atoms with van der Waals surface area (Å²) in [5.41, 5.74) is 3.68. The van der Waals surface area contributed by atoms with Crippen LogP contribution in [0.15, 0.2) is 18.2 Å². The zero-order valence-electron chi connectivity index (χ0n) is 8.88. The van der Waals surface area contributed by atoms with Gasteiger partial charge in [0.1, 0.15) is 0 Å². The summed E-state index contributed by atoms with van der Waals surface area (Å²) in [6.07, 6.45) is 0.629. The van der Waals surface area contributed by atoms with Crippen molar-refractivity contribution >= 4 is 17.2 Å². The minimum absolute atomic E-state index is 0.262. The highest BCUT2D eigenvalue weighted by Crippen LogP contribution is 2.21. The first-order chi connectivity index (χ1) is 8.11. The fraction of sp³-hybridized carbons (Fsp3) is 0.300. The van der Waals surface area contributed by atoms with E-state index in [2.05, 4.69) is 0 Å². The number of rotatable bonds is 2. The Morgan fingerprint density at radius 2 is 2.24 bits per heavy atom. The molecule has 17 heavy (non-hydrogen) atoms. The molecule has 1 aliphatic rings. The second kappa shape index (κ2) is 4.92. The third-order valence-corrected chi connectivity index (χ3v) is 3.49. The first-order valence-electron chi connectivity index (χ1n) is 5.02. The van der Waals surface area contributed by atoms with Crippen LogP contribution in [0.1, 0.15) is 21.5 Å². The molecular formula is C10H11N2O4S-. The Hall–Kier alpha value is -1.28. The van der Waals surface area contributed by atoms with Crippen LogP contribution in [0.3, 0.4) is 0 Å². The van der Waals surface area contributed by atoms with Crippen LogP contribution in [0.4, 0.5) is 0 Å². The molecule has 1 heterocycles. The van der Waals surface area contributed by atoms with Gasteiger partial charge >= 0.3 is 0 Å². The maximum absolute atomic E-state index is 11.2. The smallest absolute Gasteiger partial charge is 0.274 e. The Morgan fingerprint density at radius 3 is 2.88 bits per heavy atom. The second-order valence-corrected chi connectivity index (χ2v) is 4.71. The summed E-state index contributed by atoms with van der Waals surface area (Å²) in [6, 6.07) is 4.99. The molecule has 7 heteroatoms. The van der Waals surface area contributed by atoms with Gasteiger partial charge in [0.25, 0.3) is 5.91 Å². The van der Waals surface area contributed by atoms with Gasteiger partial charge in [-0.3, -0.25) is 14.2 Å². The fourth-order valence-electron chi connectivity index (χ4n) is 1.86. The van der Waals surface area contributed by atoms with E-state index in [1.807, 2.05) is 0 Å². The van der Waals surface area contributed by atoms with Gasteiger partial charge in [-0.2, -0.15) is 0 Å². The van der Waals surface area contributed by atoms with E-state index in [0.29, 0.717) is 18.5 Å². The van der Waals surface area contributed by atoms with Crippen molar-refractivity contribution in [1.29, 1.82) is 0 Å². The molecule has 1 unspecified atom stereocenters. The van der Waals surface area contributed by atoms with E-state index in [4.69, 9.17) is 5.21 Å². The molecule has 2 rings (SSSR count). The SMILES string of the molecule is O=C(NO)c1ccc2c(c1)CN(S(=O)[O-])CC2. The zero-order chi connectivity index (χ0) is 12.4. The van der Waals surface area contributed by atoms with Crippen LogP contribution in [0, 0.1) is 0 Å². The Kier molecular flexibility index (Phi) is 3.53. The van der Waals surface area contributed by atoms with Crippen LogP contribution >= 0.6 is 0 Å². The third-order valence-electron chi connectivity index (χ3n) is 2.76. The Morgan fingerprint density at radius 1 is 1.47 bits per heavy atom. The van der Waals surface area contributed by atoms with Crippen LogP contribution < -0.4 is 5.48 Å². The molecule has 1 amide bonds. The molecule has 0 aliphatic carbocycles. The fourth-order valence-corrected chi connectivity index (χ4v) is 2.35. The molecule has 0 saturated carbocycles. The largest absolute Gasteiger partial charge is 0.760 e. The maximum atomic E-state index is 11.2. The average Bonchev–Trinajstić information content (AvgIpc) is 2.36. The van der Waals surface area contributed by atoms with Crippen LogP contribution in [0.2, 0.25) is 0 Å². The van der Waals surface area contributed by atoms with Crippen LogP contribution in [0.25, 0.3) is 0 Å². The van der Waals surface area contributed by atoms with Gasteiger partial charge in [0.2, 0.25) is 0 Å². The number of amides is 1. The molecule has 6 nitrogen and oxygen atoms in total. The summed E-state index contributed by atoms with van der Waals surface area (Å²) in [4.78, 5) is 11.2. The third kappa shape index (κ3) is 2.52. The van der Waals surface area contributed by atoms with Gasteiger partial charge in [-0.1, -0.05) is 6.07 Å². The lowest BCUT2D eigenvalue weighted by molar-refractivity contribution is 0.0706. The topological polar surface area (TPSA) is 92.7 Å². The predicted molar refractivity (Wildman–Crippen MR) is 58.7 cm³/mol. The van der Waals surface area contributed by atoms with Gasteiger partial charge < -0.3 is 4.55 Å². The van der Waals surface area contributed by atoms with Gasteiger partial charge in [-0.25, -0.2) is 9.79 Å². The predicted octanol–water partition coefficient (Wildman–Crippen LogP) is -0.0422. The molecule has 1 aromatic carbocycles. The zero-order valence-corrected chi connectivity index (χ0v) is 9.70. The molecule has 0 aromatic heterocycles. The van der Waals surface area contributed by atoms with Gasteiger partial charge in [-0.05, 0) is 29.7 Å². The van der Waals surface area contributed by atoms with Crippen LogP contribution in [-0.4, -0.2) is 30.7 Å². The molecule has 0 fully saturated rings. The van der Waals surface area contributed by atoms with E-state index in [0.717, 1.165) is 11.1 Å². The number of nitrogens with zero attached hydrogens (tertiary/aromatic N) is 1. The lowest BCUT2D eigenvalue weighted by atomic mass is 9.98. The standard InChI is InChI=1S/C10H12N2O4S/c13-10(11-14)8-2-1-7-3-4-12(17(15)16)6-9(7)5-8/h1-2,5,14H,3-4,6H2,(H,11,13)(H,15,16)/p-1. The van der Waals surface area contributed by atoms with Crippen molar-refractivity contribution < 1.29 is 18.8 Å². The van der Waals surface area contributed by atoms with E-state index < -0.39 is 17.2 Å². The molecule has 1 aromatic rings. The summed E-state index contributed by atoms with van der Waals surface area (Å²) in [7, 11) is 0. The second-order valence-electron chi connectivity index (χ2n) is 3.76. The highest BCUT2D eigenvalue weighted by Gasteiger charge is 2.18. The van der Waals surface area contributed by atoms with Crippen molar-refractivity contribution in [2.75, 3.05) is 6.54 Å². The summed E-state index contributed by atoms with van der Waals surface area (Å²) in [5, 5.41) is 8.52. The number of hydrogen-bond acceptors (Lipinski definition) is 4. The number of fused-ring (bicyclic) bond motifs is 1. The quantitative estimate of drug-likeness (QED) is 0.440. The van der Waals surface area contributed by atoms with Gasteiger partial charge in [0.05, 0.1) is 0 Å². The van der Waals surface area contributed by atoms with E-state index in [1.165, 1.54) is 4.31 Å². The normalized spacial score (nSPS) is 17.3. The molecule has 1 atom stereocenters.